The van der Waals surface area contributed by atoms with Gasteiger partial charge in [0.15, 0.2) is 0 Å². The smallest absolute Gasteiger partial charge is 0.254 e. The highest BCUT2D eigenvalue weighted by molar-refractivity contribution is 7.89. The predicted octanol–water partition coefficient (Wildman–Crippen LogP) is 2.32. The van der Waals surface area contributed by atoms with Crippen LogP contribution in [0.2, 0.25) is 0 Å². The third-order valence-corrected chi connectivity index (χ3v) is 7.67. The Hall–Kier alpha value is -2.82. The highest BCUT2D eigenvalue weighted by Crippen LogP contribution is 2.25. The molecule has 5 rings (SSSR count). The molecule has 2 aromatic heterocycles. The molecule has 0 spiro atoms. The number of sulfonamides is 1. The highest BCUT2D eigenvalue weighted by atomic mass is 32.2. The van der Waals surface area contributed by atoms with Gasteiger partial charge in [0, 0.05) is 43.5 Å². The molecule has 1 fully saturated rings. The molecule has 29 heavy (non-hydrogen) atoms. The molecule has 1 amide bonds. The maximum Gasteiger partial charge on any atom is 0.254 e. The van der Waals surface area contributed by atoms with Gasteiger partial charge < -0.3 is 9.88 Å². The Morgan fingerprint density at radius 2 is 1.86 bits per heavy atom. The van der Waals surface area contributed by atoms with E-state index in [1.54, 1.807) is 29.2 Å². The maximum absolute atomic E-state index is 13.1. The molecule has 10 heteroatoms. The molecule has 148 valence electrons. The lowest BCUT2D eigenvalue weighted by Gasteiger charge is -2.34. The maximum atomic E-state index is 13.1. The van der Waals surface area contributed by atoms with Crippen molar-refractivity contribution >= 4 is 49.6 Å². The lowest BCUT2D eigenvalue weighted by atomic mass is 10.1. The normalized spacial score (nSPS) is 15.9. The summed E-state index contributed by atoms with van der Waals surface area (Å²) in [4.78, 5) is 17.8. The van der Waals surface area contributed by atoms with Crippen molar-refractivity contribution in [3.05, 3.63) is 54.2 Å². The zero-order valence-electron chi connectivity index (χ0n) is 15.3. The van der Waals surface area contributed by atoms with Crippen LogP contribution < -0.4 is 0 Å². The zero-order chi connectivity index (χ0) is 20.0. The quantitative estimate of drug-likeness (QED) is 0.541. The number of aromatic nitrogens is 3. The number of carbonyl (C=O) groups excluding carboxylic acids is 1. The third kappa shape index (κ3) is 3.09. The van der Waals surface area contributed by atoms with Crippen LogP contribution in [-0.4, -0.2) is 63.4 Å². The Balaban J connectivity index is 1.34. The van der Waals surface area contributed by atoms with Gasteiger partial charge in [-0.2, -0.15) is 13.1 Å². The van der Waals surface area contributed by atoms with Crippen molar-refractivity contribution < 1.29 is 13.2 Å². The van der Waals surface area contributed by atoms with E-state index in [1.165, 1.54) is 4.31 Å². The summed E-state index contributed by atoms with van der Waals surface area (Å²) < 4.78 is 35.9. The van der Waals surface area contributed by atoms with Crippen molar-refractivity contribution in [1.82, 2.24) is 22.9 Å². The molecule has 1 aliphatic heterocycles. The number of aromatic amines is 1. The van der Waals surface area contributed by atoms with Crippen LogP contribution in [0.1, 0.15) is 10.4 Å². The number of carbonyl (C=O) groups is 1. The van der Waals surface area contributed by atoms with Crippen LogP contribution in [-0.2, 0) is 10.0 Å². The van der Waals surface area contributed by atoms with Crippen LogP contribution in [0.15, 0.2) is 53.6 Å². The van der Waals surface area contributed by atoms with Gasteiger partial charge in [-0.1, -0.05) is 12.1 Å². The molecule has 0 bridgehead atoms. The van der Waals surface area contributed by atoms with Gasteiger partial charge in [-0.25, -0.2) is 8.42 Å². The SMILES string of the molecule is O=C(c1ccc2cc[nH]c2c1)N1CCN(S(=O)(=O)c2cccc3nsnc23)CC1. The fourth-order valence-electron chi connectivity index (χ4n) is 3.62. The molecule has 0 saturated carbocycles. The Morgan fingerprint density at radius 3 is 2.69 bits per heavy atom. The second kappa shape index (κ2) is 6.90. The van der Waals surface area contributed by atoms with Gasteiger partial charge in [0.1, 0.15) is 15.9 Å². The summed E-state index contributed by atoms with van der Waals surface area (Å²) in [7, 11) is -3.70. The molecule has 1 N–H and O–H groups in total. The second-order valence-corrected chi connectivity index (χ2v) is 9.30. The molecule has 8 nitrogen and oxygen atoms in total. The summed E-state index contributed by atoms with van der Waals surface area (Å²) >= 11 is 0.995. The van der Waals surface area contributed by atoms with E-state index in [0.717, 1.165) is 22.6 Å². The van der Waals surface area contributed by atoms with Gasteiger partial charge in [-0.3, -0.25) is 4.79 Å². The average molecular weight is 428 g/mol. The second-order valence-electron chi connectivity index (χ2n) is 6.86. The number of hydrogen-bond acceptors (Lipinski definition) is 6. The van der Waals surface area contributed by atoms with Gasteiger partial charge in [0.05, 0.1) is 11.7 Å². The predicted molar refractivity (Wildman–Crippen MR) is 110 cm³/mol. The van der Waals surface area contributed by atoms with E-state index in [4.69, 9.17) is 0 Å². The molecular formula is C19H17N5O3S2. The third-order valence-electron chi connectivity index (χ3n) is 5.19. The lowest BCUT2D eigenvalue weighted by Crippen LogP contribution is -2.50. The Kier molecular flexibility index (Phi) is 4.34. The van der Waals surface area contributed by atoms with Crippen molar-refractivity contribution in [2.75, 3.05) is 26.2 Å². The molecule has 0 atom stereocenters. The summed E-state index contributed by atoms with van der Waals surface area (Å²) in [5.74, 6) is -0.0932. The molecule has 3 heterocycles. The summed E-state index contributed by atoms with van der Waals surface area (Å²) in [6.07, 6.45) is 1.83. The molecule has 1 saturated heterocycles. The van der Waals surface area contributed by atoms with E-state index in [0.29, 0.717) is 29.7 Å². The van der Waals surface area contributed by atoms with Crippen molar-refractivity contribution in [1.29, 1.82) is 0 Å². The molecule has 0 aliphatic carbocycles. The molecule has 1 aliphatic rings. The standard InChI is InChI=1S/C19H17N5O3S2/c25-19(14-5-4-13-6-7-20-16(13)12-14)23-8-10-24(11-9-23)29(26,27)17-3-1-2-15-18(17)22-28-21-15/h1-7,12,20H,8-11H2. The first-order valence-corrected chi connectivity index (χ1v) is 11.3. The first kappa shape index (κ1) is 18.2. The number of nitrogens with one attached hydrogen (secondary N) is 1. The van der Waals surface area contributed by atoms with Crippen LogP contribution >= 0.6 is 11.7 Å². The van der Waals surface area contributed by atoms with E-state index >= 15 is 0 Å². The van der Waals surface area contributed by atoms with Crippen LogP contribution in [0.5, 0.6) is 0 Å². The van der Waals surface area contributed by atoms with Gasteiger partial charge in [0.2, 0.25) is 10.0 Å². The van der Waals surface area contributed by atoms with Crippen molar-refractivity contribution in [2.24, 2.45) is 0 Å². The summed E-state index contributed by atoms with van der Waals surface area (Å²) in [6.45, 7) is 1.16. The highest BCUT2D eigenvalue weighted by Gasteiger charge is 2.32. The number of piperazine rings is 1. The van der Waals surface area contributed by atoms with Gasteiger partial charge in [0.25, 0.3) is 5.91 Å². The first-order chi connectivity index (χ1) is 14.0. The summed E-state index contributed by atoms with van der Waals surface area (Å²) in [5, 5.41) is 1.04. The van der Waals surface area contributed by atoms with E-state index < -0.39 is 10.0 Å². The van der Waals surface area contributed by atoms with Crippen LogP contribution in [0, 0.1) is 0 Å². The van der Waals surface area contributed by atoms with E-state index in [9.17, 15) is 13.2 Å². The van der Waals surface area contributed by atoms with Gasteiger partial charge >= 0.3 is 0 Å². The number of hydrogen-bond donors (Lipinski definition) is 1. The van der Waals surface area contributed by atoms with E-state index in [1.807, 2.05) is 24.4 Å². The fraction of sp³-hybridized carbons (Fsp3) is 0.211. The van der Waals surface area contributed by atoms with Crippen LogP contribution in [0.25, 0.3) is 21.9 Å². The monoisotopic (exact) mass is 427 g/mol. The number of rotatable bonds is 3. The fourth-order valence-corrected chi connectivity index (χ4v) is 5.80. The minimum atomic E-state index is -3.70. The van der Waals surface area contributed by atoms with E-state index in [2.05, 4.69) is 13.7 Å². The summed E-state index contributed by atoms with van der Waals surface area (Å²) in [5.41, 5.74) is 2.47. The number of H-pyrrole nitrogens is 1. The topological polar surface area (TPSA) is 99.3 Å². The molecular weight excluding hydrogens is 410 g/mol. The number of benzene rings is 2. The van der Waals surface area contributed by atoms with Crippen LogP contribution in [0.3, 0.4) is 0 Å². The van der Waals surface area contributed by atoms with E-state index in [-0.39, 0.29) is 23.9 Å². The number of nitrogens with zero attached hydrogens (tertiary/aromatic N) is 4. The number of fused-ring (bicyclic) bond motifs is 2. The minimum absolute atomic E-state index is 0.0932. The van der Waals surface area contributed by atoms with Gasteiger partial charge in [-0.15, -0.1) is 0 Å². The lowest BCUT2D eigenvalue weighted by molar-refractivity contribution is 0.0698. The minimum Gasteiger partial charge on any atom is -0.361 e. The Bertz CT molecular complexity index is 1320. The first-order valence-electron chi connectivity index (χ1n) is 9.12. The molecule has 4 aromatic rings. The number of amides is 1. The van der Waals surface area contributed by atoms with Crippen LogP contribution in [0.4, 0.5) is 0 Å². The largest absolute Gasteiger partial charge is 0.361 e. The zero-order valence-corrected chi connectivity index (χ0v) is 16.9. The molecule has 2 aromatic carbocycles. The molecule has 0 radical (unpaired) electrons. The van der Waals surface area contributed by atoms with Crippen molar-refractivity contribution in [3.63, 3.8) is 0 Å². The van der Waals surface area contributed by atoms with Crippen molar-refractivity contribution in [3.8, 4) is 0 Å². The average Bonchev–Trinajstić information content (AvgIpc) is 3.41. The Labute approximate surface area is 171 Å². The van der Waals surface area contributed by atoms with Gasteiger partial charge in [-0.05, 0) is 35.7 Å². The molecule has 0 unspecified atom stereocenters. The Morgan fingerprint density at radius 1 is 1.03 bits per heavy atom. The van der Waals surface area contributed by atoms with Crippen molar-refractivity contribution in [2.45, 2.75) is 4.90 Å². The summed E-state index contributed by atoms with van der Waals surface area (Å²) in [6, 6.07) is 12.5.